The summed E-state index contributed by atoms with van der Waals surface area (Å²) in [5, 5.41) is 2.49. The summed E-state index contributed by atoms with van der Waals surface area (Å²) in [5.41, 5.74) is 9.99. The van der Waals surface area contributed by atoms with Crippen LogP contribution < -0.4 is 10.5 Å². The lowest BCUT2D eigenvalue weighted by atomic mass is 10.2. The number of methoxy groups -OCH3 is 1. The number of nitrogen functional groups attached to an aromatic ring is 1. The van der Waals surface area contributed by atoms with Crippen LogP contribution in [0.5, 0.6) is 5.75 Å². The second-order valence-electron chi connectivity index (χ2n) is 5.30. The van der Waals surface area contributed by atoms with Gasteiger partial charge in [0.05, 0.1) is 29.5 Å². The lowest BCUT2D eigenvalue weighted by Crippen LogP contribution is -1.97. The van der Waals surface area contributed by atoms with Gasteiger partial charge in [0.15, 0.2) is 0 Å². The number of hydrogen-bond donors (Lipinski definition) is 1. The highest BCUT2D eigenvalue weighted by molar-refractivity contribution is 6.09. The van der Waals surface area contributed by atoms with Crippen LogP contribution in [0.2, 0.25) is 0 Å². The van der Waals surface area contributed by atoms with Crippen molar-refractivity contribution in [3.05, 3.63) is 66.7 Å². The van der Waals surface area contributed by atoms with Crippen LogP contribution in [0, 0.1) is 0 Å². The van der Waals surface area contributed by atoms with E-state index in [1.54, 1.807) is 7.11 Å². The van der Waals surface area contributed by atoms with Gasteiger partial charge in [-0.25, -0.2) is 0 Å². The van der Waals surface area contributed by atoms with Gasteiger partial charge in [0, 0.05) is 16.8 Å². The average Bonchev–Trinajstić information content (AvgIpc) is 2.90. The van der Waals surface area contributed by atoms with Gasteiger partial charge < -0.3 is 15.0 Å². The van der Waals surface area contributed by atoms with E-state index in [1.807, 2.05) is 18.2 Å². The van der Waals surface area contributed by atoms with Gasteiger partial charge in [-0.05, 0) is 24.3 Å². The zero-order valence-corrected chi connectivity index (χ0v) is 12.3. The maximum atomic E-state index is 5.94. The van der Waals surface area contributed by atoms with Gasteiger partial charge in [0.2, 0.25) is 0 Å². The van der Waals surface area contributed by atoms with Gasteiger partial charge in [-0.2, -0.15) is 0 Å². The Balaban J connectivity index is 2.13. The second kappa shape index (κ2) is 4.81. The number of rotatable bonds is 2. The molecule has 3 aromatic carbocycles. The van der Waals surface area contributed by atoms with Crippen molar-refractivity contribution in [2.45, 2.75) is 0 Å². The summed E-state index contributed by atoms with van der Waals surface area (Å²) in [4.78, 5) is 0. The van der Waals surface area contributed by atoms with E-state index in [0.717, 1.165) is 5.69 Å². The van der Waals surface area contributed by atoms with Gasteiger partial charge in [0.1, 0.15) is 5.75 Å². The standard InChI is InChI=1S/C19H16N2O/c1-22-19-12-13(10-11-16(19)20)21-17-8-4-2-6-14(17)15-7-3-5-9-18(15)21/h2-12H,20H2,1H3. The fourth-order valence-electron chi connectivity index (χ4n) is 3.04. The first-order valence-electron chi connectivity index (χ1n) is 7.21. The molecule has 0 saturated carbocycles. The summed E-state index contributed by atoms with van der Waals surface area (Å²) in [7, 11) is 1.64. The van der Waals surface area contributed by atoms with E-state index in [2.05, 4.69) is 53.1 Å². The summed E-state index contributed by atoms with van der Waals surface area (Å²) in [5.74, 6) is 0.694. The number of ether oxygens (including phenoxy) is 1. The lowest BCUT2D eigenvalue weighted by molar-refractivity contribution is 0.417. The summed E-state index contributed by atoms with van der Waals surface area (Å²) in [6.45, 7) is 0. The monoisotopic (exact) mass is 288 g/mol. The van der Waals surface area contributed by atoms with Crippen molar-refractivity contribution in [1.82, 2.24) is 4.57 Å². The molecule has 0 fully saturated rings. The molecule has 0 unspecified atom stereocenters. The summed E-state index contributed by atoms with van der Waals surface area (Å²) in [6.07, 6.45) is 0. The molecule has 0 radical (unpaired) electrons. The molecule has 1 aromatic heterocycles. The summed E-state index contributed by atoms with van der Waals surface area (Å²) < 4.78 is 7.61. The quantitative estimate of drug-likeness (QED) is 0.556. The third-order valence-corrected chi connectivity index (χ3v) is 4.06. The van der Waals surface area contributed by atoms with Crippen molar-refractivity contribution < 1.29 is 4.74 Å². The molecule has 0 atom stereocenters. The molecule has 3 heteroatoms. The van der Waals surface area contributed by atoms with Crippen LogP contribution in [0.25, 0.3) is 27.5 Å². The van der Waals surface area contributed by atoms with Crippen molar-refractivity contribution in [1.29, 1.82) is 0 Å². The van der Waals surface area contributed by atoms with Crippen LogP contribution in [0.15, 0.2) is 66.7 Å². The molecule has 4 rings (SSSR count). The molecule has 3 nitrogen and oxygen atoms in total. The number of nitrogens with zero attached hydrogens (tertiary/aromatic N) is 1. The van der Waals surface area contributed by atoms with Crippen molar-refractivity contribution in [2.75, 3.05) is 12.8 Å². The van der Waals surface area contributed by atoms with Crippen LogP contribution >= 0.6 is 0 Å². The van der Waals surface area contributed by atoms with Gasteiger partial charge in [-0.15, -0.1) is 0 Å². The highest BCUT2D eigenvalue weighted by Gasteiger charge is 2.12. The molecular weight excluding hydrogens is 272 g/mol. The largest absolute Gasteiger partial charge is 0.495 e. The minimum Gasteiger partial charge on any atom is -0.495 e. The van der Waals surface area contributed by atoms with E-state index in [9.17, 15) is 0 Å². The Morgan fingerprint density at radius 2 is 1.41 bits per heavy atom. The first-order chi connectivity index (χ1) is 10.8. The van der Waals surface area contributed by atoms with Crippen LogP contribution in [0.4, 0.5) is 5.69 Å². The molecule has 0 aliphatic carbocycles. The number of benzene rings is 3. The Morgan fingerprint density at radius 3 is 2.00 bits per heavy atom. The maximum absolute atomic E-state index is 5.94. The number of anilines is 1. The summed E-state index contributed by atoms with van der Waals surface area (Å²) >= 11 is 0. The van der Waals surface area contributed by atoms with Crippen LogP contribution in [0.3, 0.4) is 0 Å². The molecule has 4 aromatic rings. The Bertz CT molecular complexity index is 932. The third kappa shape index (κ3) is 1.76. The molecule has 0 bridgehead atoms. The Kier molecular flexibility index (Phi) is 2.79. The van der Waals surface area contributed by atoms with E-state index in [-0.39, 0.29) is 0 Å². The topological polar surface area (TPSA) is 40.2 Å². The van der Waals surface area contributed by atoms with Gasteiger partial charge in [-0.1, -0.05) is 36.4 Å². The molecule has 0 aliphatic heterocycles. The van der Waals surface area contributed by atoms with Crippen LogP contribution in [-0.4, -0.2) is 11.7 Å². The number of para-hydroxylation sites is 2. The molecule has 0 spiro atoms. The predicted molar refractivity (Wildman–Crippen MR) is 91.7 cm³/mol. The minimum atomic E-state index is 0.645. The zero-order chi connectivity index (χ0) is 15.1. The molecule has 0 amide bonds. The van der Waals surface area contributed by atoms with Gasteiger partial charge in [-0.3, -0.25) is 0 Å². The van der Waals surface area contributed by atoms with Crippen molar-refractivity contribution in [3.63, 3.8) is 0 Å². The van der Waals surface area contributed by atoms with Crippen LogP contribution in [0.1, 0.15) is 0 Å². The number of aromatic nitrogens is 1. The molecular formula is C19H16N2O. The predicted octanol–water partition coefficient (Wildman–Crippen LogP) is 4.37. The Hall–Kier alpha value is -2.94. The maximum Gasteiger partial charge on any atom is 0.143 e. The second-order valence-corrected chi connectivity index (χ2v) is 5.30. The average molecular weight is 288 g/mol. The lowest BCUT2D eigenvalue weighted by Gasteiger charge is -2.11. The SMILES string of the molecule is COc1cc(-n2c3ccccc3c3ccccc32)ccc1N. The third-order valence-electron chi connectivity index (χ3n) is 4.06. The number of nitrogens with two attached hydrogens (primary N) is 1. The van der Waals surface area contributed by atoms with E-state index in [4.69, 9.17) is 10.5 Å². The molecule has 1 heterocycles. The van der Waals surface area contributed by atoms with Crippen molar-refractivity contribution >= 4 is 27.5 Å². The van der Waals surface area contributed by atoms with Crippen molar-refractivity contribution in [3.8, 4) is 11.4 Å². The van der Waals surface area contributed by atoms with E-state index in [1.165, 1.54) is 21.8 Å². The molecule has 22 heavy (non-hydrogen) atoms. The first-order valence-corrected chi connectivity index (χ1v) is 7.21. The molecule has 0 aliphatic rings. The fourth-order valence-corrected chi connectivity index (χ4v) is 3.04. The van der Waals surface area contributed by atoms with E-state index in [0.29, 0.717) is 11.4 Å². The minimum absolute atomic E-state index is 0.645. The Labute approximate surface area is 128 Å². The smallest absolute Gasteiger partial charge is 0.143 e. The highest BCUT2D eigenvalue weighted by Crippen LogP contribution is 2.33. The molecule has 0 saturated heterocycles. The van der Waals surface area contributed by atoms with Gasteiger partial charge in [0.25, 0.3) is 0 Å². The highest BCUT2D eigenvalue weighted by atomic mass is 16.5. The summed E-state index contributed by atoms with van der Waals surface area (Å²) in [6, 6.07) is 22.7. The normalized spacial score (nSPS) is 11.1. The molecule has 108 valence electrons. The molecule has 2 N–H and O–H groups in total. The first kappa shape index (κ1) is 12.8. The number of hydrogen-bond acceptors (Lipinski definition) is 2. The van der Waals surface area contributed by atoms with Crippen molar-refractivity contribution in [2.24, 2.45) is 0 Å². The zero-order valence-electron chi connectivity index (χ0n) is 12.3. The van der Waals surface area contributed by atoms with E-state index < -0.39 is 0 Å². The Morgan fingerprint density at radius 1 is 0.818 bits per heavy atom. The van der Waals surface area contributed by atoms with Crippen LogP contribution in [-0.2, 0) is 0 Å². The number of fused-ring (bicyclic) bond motifs is 3. The van der Waals surface area contributed by atoms with Gasteiger partial charge >= 0.3 is 0 Å². The van der Waals surface area contributed by atoms with E-state index >= 15 is 0 Å². The fraction of sp³-hybridized carbons (Fsp3) is 0.0526.